The Morgan fingerprint density at radius 3 is 2.32 bits per heavy atom. The molecule has 0 bridgehead atoms. The van der Waals surface area contributed by atoms with Gasteiger partial charge < -0.3 is 14.5 Å². The minimum absolute atomic E-state index is 0.000592. The Kier molecular flexibility index (Phi) is 5.46. The lowest BCUT2D eigenvalue weighted by Gasteiger charge is -2.36. The van der Waals surface area contributed by atoms with Crippen molar-refractivity contribution < 1.29 is 9.53 Å². The molecule has 8 heteroatoms. The molecule has 0 atom stereocenters. The molecule has 0 unspecified atom stereocenters. The van der Waals surface area contributed by atoms with Crippen LogP contribution < -0.4 is 9.64 Å². The number of tetrazole rings is 1. The van der Waals surface area contributed by atoms with Crippen LogP contribution in [0.3, 0.4) is 0 Å². The second kappa shape index (κ2) is 8.51. The molecule has 0 radical (unpaired) electrons. The fraction of sp³-hybridized carbons (Fsp3) is 0.300. The van der Waals surface area contributed by atoms with E-state index in [-0.39, 0.29) is 19.1 Å². The second-order valence-electron chi connectivity index (χ2n) is 6.54. The highest BCUT2D eigenvalue weighted by atomic mass is 16.5. The van der Waals surface area contributed by atoms with Crippen LogP contribution >= 0.6 is 0 Å². The highest BCUT2D eigenvalue weighted by Crippen LogP contribution is 2.15. The Balaban J connectivity index is 1.26. The van der Waals surface area contributed by atoms with Gasteiger partial charge in [0.1, 0.15) is 12.3 Å². The molecule has 1 aliphatic heterocycles. The summed E-state index contributed by atoms with van der Waals surface area (Å²) in [6.07, 6.45) is 0. The quantitative estimate of drug-likeness (QED) is 0.649. The molecular weight excluding hydrogens is 356 g/mol. The fourth-order valence-corrected chi connectivity index (χ4v) is 3.14. The molecule has 0 saturated carbocycles. The standard InChI is InChI=1S/C20H22N6O2/c27-20(25-13-11-24(12-14-25)17-7-3-1-4-8-17)15-26-22-19(21-23-26)16-28-18-9-5-2-6-10-18/h1-10H,11-16H2. The summed E-state index contributed by atoms with van der Waals surface area (Å²) in [6, 6.07) is 19.7. The topological polar surface area (TPSA) is 76.4 Å². The summed E-state index contributed by atoms with van der Waals surface area (Å²) in [6.45, 7) is 3.31. The summed E-state index contributed by atoms with van der Waals surface area (Å²) in [5.74, 6) is 1.19. The summed E-state index contributed by atoms with van der Waals surface area (Å²) >= 11 is 0. The highest BCUT2D eigenvalue weighted by Gasteiger charge is 2.22. The Morgan fingerprint density at radius 2 is 1.61 bits per heavy atom. The zero-order valence-corrected chi connectivity index (χ0v) is 15.5. The van der Waals surface area contributed by atoms with E-state index in [4.69, 9.17) is 4.74 Å². The molecular formula is C20H22N6O2. The third kappa shape index (κ3) is 4.46. The number of anilines is 1. The van der Waals surface area contributed by atoms with E-state index >= 15 is 0 Å². The maximum absolute atomic E-state index is 12.5. The van der Waals surface area contributed by atoms with Gasteiger partial charge in [0, 0.05) is 31.9 Å². The second-order valence-corrected chi connectivity index (χ2v) is 6.54. The number of hydrogen-bond donors (Lipinski definition) is 0. The van der Waals surface area contributed by atoms with Crippen molar-refractivity contribution in [1.29, 1.82) is 0 Å². The van der Waals surface area contributed by atoms with Gasteiger partial charge in [0.05, 0.1) is 0 Å². The van der Waals surface area contributed by atoms with Gasteiger partial charge in [0.2, 0.25) is 11.7 Å². The lowest BCUT2D eigenvalue weighted by atomic mass is 10.2. The highest BCUT2D eigenvalue weighted by molar-refractivity contribution is 5.76. The van der Waals surface area contributed by atoms with Crippen molar-refractivity contribution in [2.24, 2.45) is 0 Å². The molecule has 0 spiro atoms. The van der Waals surface area contributed by atoms with Gasteiger partial charge in [0.25, 0.3) is 0 Å². The number of nitrogens with zero attached hydrogens (tertiary/aromatic N) is 6. The van der Waals surface area contributed by atoms with E-state index in [0.29, 0.717) is 18.9 Å². The Morgan fingerprint density at radius 1 is 0.929 bits per heavy atom. The average molecular weight is 378 g/mol. The smallest absolute Gasteiger partial charge is 0.246 e. The zero-order valence-electron chi connectivity index (χ0n) is 15.5. The fourth-order valence-electron chi connectivity index (χ4n) is 3.14. The van der Waals surface area contributed by atoms with E-state index in [1.54, 1.807) is 0 Å². The number of piperazine rings is 1. The Labute approximate surface area is 163 Å². The predicted molar refractivity (Wildman–Crippen MR) is 104 cm³/mol. The van der Waals surface area contributed by atoms with Gasteiger partial charge in [-0.3, -0.25) is 4.79 Å². The van der Waals surface area contributed by atoms with Crippen molar-refractivity contribution in [3.63, 3.8) is 0 Å². The molecule has 1 saturated heterocycles. The van der Waals surface area contributed by atoms with Crippen LogP contribution in [-0.4, -0.2) is 57.2 Å². The number of benzene rings is 2. The minimum atomic E-state index is 0.000592. The van der Waals surface area contributed by atoms with Crippen molar-refractivity contribution in [3.05, 3.63) is 66.5 Å². The summed E-state index contributed by atoms with van der Waals surface area (Å²) in [5.41, 5.74) is 1.19. The molecule has 144 valence electrons. The van der Waals surface area contributed by atoms with E-state index in [9.17, 15) is 4.79 Å². The Bertz CT molecular complexity index is 891. The van der Waals surface area contributed by atoms with Gasteiger partial charge in [-0.05, 0) is 29.5 Å². The van der Waals surface area contributed by atoms with Crippen LogP contribution in [-0.2, 0) is 17.9 Å². The zero-order chi connectivity index (χ0) is 19.2. The lowest BCUT2D eigenvalue weighted by molar-refractivity contribution is -0.132. The number of aromatic nitrogens is 4. The molecule has 0 N–H and O–H groups in total. The average Bonchev–Trinajstić information content (AvgIpc) is 3.21. The molecule has 2 aromatic carbocycles. The van der Waals surface area contributed by atoms with Gasteiger partial charge in [-0.2, -0.15) is 4.80 Å². The summed E-state index contributed by atoms with van der Waals surface area (Å²) in [5, 5.41) is 12.2. The molecule has 3 aromatic rings. The first kappa shape index (κ1) is 18.0. The van der Waals surface area contributed by atoms with E-state index in [2.05, 4.69) is 32.4 Å². The summed E-state index contributed by atoms with van der Waals surface area (Å²) < 4.78 is 5.60. The van der Waals surface area contributed by atoms with Crippen LogP contribution in [0.4, 0.5) is 5.69 Å². The number of carbonyl (C=O) groups excluding carboxylic acids is 1. The molecule has 1 aliphatic rings. The van der Waals surface area contributed by atoms with Crippen molar-refractivity contribution in [1.82, 2.24) is 25.1 Å². The van der Waals surface area contributed by atoms with Crippen LogP contribution in [0.1, 0.15) is 5.82 Å². The molecule has 0 aliphatic carbocycles. The largest absolute Gasteiger partial charge is 0.485 e. The van der Waals surface area contributed by atoms with Crippen LogP contribution in [0.15, 0.2) is 60.7 Å². The maximum atomic E-state index is 12.5. The molecule has 1 fully saturated rings. The first-order chi connectivity index (χ1) is 13.8. The molecule has 28 heavy (non-hydrogen) atoms. The van der Waals surface area contributed by atoms with E-state index in [1.165, 1.54) is 10.5 Å². The third-order valence-electron chi connectivity index (χ3n) is 4.64. The molecule has 1 aromatic heterocycles. The number of ether oxygens (including phenoxy) is 1. The maximum Gasteiger partial charge on any atom is 0.246 e. The van der Waals surface area contributed by atoms with Gasteiger partial charge in [0.15, 0.2) is 6.61 Å². The normalized spacial score (nSPS) is 14.1. The SMILES string of the molecule is O=C(Cn1nnc(COc2ccccc2)n1)N1CCN(c2ccccc2)CC1. The molecule has 2 heterocycles. The van der Waals surface area contributed by atoms with Gasteiger partial charge >= 0.3 is 0 Å². The van der Waals surface area contributed by atoms with Gasteiger partial charge in [-0.1, -0.05) is 36.4 Å². The molecule has 1 amide bonds. The molecule has 4 rings (SSSR count). The van der Waals surface area contributed by atoms with Crippen molar-refractivity contribution in [3.8, 4) is 5.75 Å². The number of para-hydroxylation sites is 2. The number of hydrogen-bond acceptors (Lipinski definition) is 6. The third-order valence-corrected chi connectivity index (χ3v) is 4.64. The monoisotopic (exact) mass is 378 g/mol. The number of amides is 1. The van der Waals surface area contributed by atoms with Crippen LogP contribution in [0.5, 0.6) is 5.75 Å². The summed E-state index contributed by atoms with van der Waals surface area (Å²) in [7, 11) is 0. The van der Waals surface area contributed by atoms with Crippen LogP contribution in [0, 0.1) is 0 Å². The first-order valence-corrected chi connectivity index (χ1v) is 9.30. The van der Waals surface area contributed by atoms with Crippen LogP contribution in [0.2, 0.25) is 0 Å². The van der Waals surface area contributed by atoms with Crippen molar-refractivity contribution in [2.75, 3.05) is 31.1 Å². The van der Waals surface area contributed by atoms with E-state index in [0.717, 1.165) is 18.8 Å². The first-order valence-electron chi connectivity index (χ1n) is 9.30. The number of rotatable bonds is 6. The van der Waals surface area contributed by atoms with Crippen molar-refractivity contribution >= 4 is 11.6 Å². The van der Waals surface area contributed by atoms with Gasteiger partial charge in [-0.25, -0.2) is 0 Å². The minimum Gasteiger partial charge on any atom is -0.485 e. The van der Waals surface area contributed by atoms with Gasteiger partial charge in [-0.15, -0.1) is 10.2 Å². The lowest BCUT2D eigenvalue weighted by Crippen LogP contribution is -2.49. The number of carbonyl (C=O) groups is 1. The van der Waals surface area contributed by atoms with E-state index < -0.39 is 0 Å². The van der Waals surface area contributed by atoms with E-state index in [1.807, 2.05) is 53.4 Å². The van der Waals surface area contributed by atoms with Crippen molar-refractivity contribution in [2.45, 2.75) is 13.2 Å². The Hall–Kier alpha value is -3.42. The summed E-state index contributed by atoms with van der Waals surface area (Å²) in [4.78, 5) is 18.0. The predicted octanol–water partition coefficient (Wildman–Crippen LogP) is 1.60. The van der Waals surface area contributed by atoms with Crippen LogP contribution in [0.25, 0.3) is 0 Å². The molecule has 8 nitrogen and oxygen atoms in total.